The van der Waals surface area contributed by atoms with Crippen LogP contribution < -0.4 is 9.16 Å². The van der Waals surface area contributed by atoms with E-state index >= 15 is 0 Å². The smallest absolute Gasteiger partial charge is 0.258 e. The van der Waals surface area contributed by atoms with Crippen molar-refractivity contribution in [2.24, 2.45) is 0 Å². The summed E-state index contributed by atoms with van der Waals surface area (Å²) < 4.78 is 14.0. The molecule has 1 aromatic carbocycles. The summed E-state index contributed by atoms with van der Waals surface area (Å²) in [5.41, 5.74) is 2.39. The van der Waals surface area contributed by atoms with Crippen LogP contribution in [-0.2, 0) is 0 Å². The first kappa shape index (κ1) is 22.2. The average Bonchev–Trinajstić information content (AvgIpc) is 2.51. The normalized spacial score (nSPS) is 16.3. The van der Waals surface area contributed by atoms with Crippen LogP contribution in [0.2, 0.25) is 16.6 Å². The summed E-state index contributed by atoms with van der Waals surface area (Å²) in [6.07, 6.45) is 2.03. The van der Waals surface area contributed by atoms with Crippen molar-refractivity contribution in [3.8, 4) is 11.5 Å². The summed E-state index contributed by atoms with van der Waals surface area (Å²) >= 11 is 3.59. The zero-order valence-electron chi connectivity index (χ0n) is 18.1. The molecular weight excluding hydrogens is 420 g/mol. The fraction of sp³-hybridized carbons (Fsp3) is 0.591. The van der Waals surface area contributed by atoms with Crippen LogP contribution in [0.15, 0.2) is 16.6 Å². The first-order valence-corrected chi connectivity index (χ1v) is 12.7. The first-order valence-electron chi connectivity index (χ1n) is 9.77. The van der Waals surface area contributed by atoms with Gasteiger partial charge in [0.25, 0.3) is 8.32 Å². The standard InChI is InChI=1S/C22H33BrO3Si/c1-13(2)27(14(3)4,15(5)6)26-20-12-19-17(10-18(20)16(7)24)11-21(23)22(8,9)25-19/h10-15H,1-9H3. The third kappa shape index (κ3) is 4.04. The molecule has 0 saturated carbocycles. The molecule has 0 atom stereocenters. The second-order valence-electron chi connectivity index (χ2n) is 8.97. The van der Waals surface area contributed by atoms with Gasteiger partial charge in [0.1, 0.15) is 17.1 Å². The van der Waals surface area contributed by atoms with Gasteiger partial charge in [-0.15, -0.1) is 0 Å². The van der Waals surface area contributed by atoms with Crippen molar-refractivity contribution in [3.05, 3.63) is 27.7 Å². The Labute approximate surface area is 173 Å². The van der Waals surface area contributed by atoms with E-state index in [0.29, 0.717) is 27.9 Å². The molecular formula is C22H33BrO3Si. The van der Waals surface area contributed by atoms with Crippen molar-refractivity contribution in [2.75, 3.05) is 0 Å². The van der Waals surface area contributed by atoms with Gasteiger partial charge in [-0.25, -0.2) is 0 Å². The Hall–Kier alpha value is -1.07. The molecule has 0 bridgehead atoms. The predicted octanol–water partition coefficient (Wildman–Crippen LogP) is 7.35. The van der Waals surface area contributed by atoms with E-state index in [1.165, 1.54) is 0 Å². The molecule has 2 rings (SSSR count). The quantitative estimate of drug-likeness (QED) is 0.334. The minimum absolute atomic E-state index is 0.0151. The number of carbonyl (C=O) groups excluding carboxylic acids is 1. The largest absolute Gasteiger partial charge is 0.542 e. The molecule has 1 heterocycles. The maximum absolute atomic E-state index is 12.4. The molecule has 0 aliphatic carbocycles. The van der Waals surface area contributed by atoms with Crippen LogP contribution in [0, 0.1) is 0 Å². The van der Waals surface area contributed by atoms with Gasteiger partial charge in [0, 0.05) is 16.1 Å². The summed E-state index contributed by atoms with van der Waals surface area (Å²) in [6.45, 7) is 19.1. The Morgan fingerprint density at radius 1 is 1.07 bits per heavy atom. The monoisotopic (exact) mass is 452 g/mol. The molecule has 0 unspecified atom stereocenters. The van der Waals surface area contributed by atoms with Crippen molar-refractivity contribution in [1.82, 2.24) is 0 Å². The van der Waals surface area contributed by atoms with E-state index < -0.39 is 13.9 Å². The van der Waals surface area contributed by atoms with Crippen LogP contribution in [0.3, 0.4) is 0 Å². The van der Waals surface area contributed by atoms with Gasteiger partial charge in [-0.3, -0.25) is 4.79 Å². The number of ketones is 1. The van der Waals surface area contributed by atoms with Crippen LogP contribution in [0.5, 0.6) is 11.5 Å². The third-order valence-electron chi connectivity index (χ3n) is 5.71. The Morgan fingerprint density at radius 3 is 2.04 bits per heavy atom. The minimum Gasteiger partial charge on any atom is -0.542 e. The van der Waals surface area contributed by atoms with Crippen molar-refractivity contribution in [1.29, 1.82) is 0 Å². The lowest BCUT2D eigenvalue weighted by Crippen LogP contribution is -2.51. The minimum atomic E-state index is -2.17. The highest BCUT2D eigenvalue weighted by atomic mass is 79.9. The highest BCUT2D eigenvalue weighted by Crippen LogP contribution is 2.46. The number of Topliss-reactive ketones (excluding diaryl/α,β-unsaturated/α-hetero) is 1. The Bertz CT molecular complexity index is 741. The second kappa shape index (κ2) is 7.74. The van der Waals surface area contributed by atoms with Gasteiger partial charge in [0.15, 0.2) is 5.78 Å². The van der Waals surface area contributed by atoms with E-state index in [9.17, 15) is 4.79 Å². The average molecular weight is 453 g/mol. The molecule has 0 saturated heterocycles. The molecule has 150 valence electrons. The summed E-state index contributed by atoms with van der Waals surface area (Å²) in [7, 11) is -2.17. The highest BCUT2D eigenvalue weighted by Gasteiger charge is 2.47. The number of rotatable bonds is 6. The Morgan fingerprint density at radius 2 is 1.59 bits per heavy atom. The lowest BCUT2D eigenvalue weighted by atomic mass is 9.99. The van der Waals surface area contributed by atoms with E-state index in [2.05, 4.69) is 57.5 Å². The van der Waals surface area contributed by atoms with Crippen molar-refractivity contribution in [3.63, 3.8) is 0 Å². The summed E-state index contributed by atoms with van der Waals surface area (Å²) in [5.74, 6) is 1.45. The number of ether oxygens (including phenoxy) is 1. The zero-order valence-corrected chi connectivity index (χ0v) is 20.7. The van der Waals surface area contributed by atoms with Gasteiger partial charge in [-0.1, -0.05) is 57.5 Å². The van der Waals surface area contributed by atoms with Gasteiger partial charge in [0.05, 0.1) is 5.56 Å². The number of hydrogen-bond donors (Lipinski definition) is 0. The second-order valence-corrected chi connectivity index (χ2v) is 15.2. The maximum atomic E-state index is 12.4. The topological polar surface area (TPSA) is 35.5 Å². The van der Waals surface area contributed by atoms with Crippen LogP contribution in [0.25, 0.3) is 6.08 Å². The van der Waals surface area contributed by atoms with Gasteiger partial charge in [-0.2, -0.15) is 0 Å². The Kier molecular flexibility index (Phi) is 6.37. The predicted molar refractivity (Wildman–Crippen MR) is 120 cm³/mol. The zero-order chi connectivity index (χ0) is 20.7. The lowest BCUT2D eigenvalue weighted by molar-refractivity contribution is 0.101. The van der Waals surface area contributed by atoms with Crippen molar-refractivity contribution in [2.45, 2.75) is 84.5 Å². The van der Waals surface area contributed by atoms with E-state index in [4.69, 9.17) is 9.16 Å². The van der Waals surface area contributed by atoms with E-state index in [1.54, 1.807) is 6.92 Å². The first-order chi connectivity index (χ1) is 12.3. The van der Waals surface area contributed by atoms with E-state index in [0.717, 1.165) is 15.8 Å². The summed E-state index contributed by atoms with van der Waals surface area (Å²) in [4.78, 5) is 12.4. The molecule has 0 spiro atoms. The molecule has 0 radical (unpaired) electrons. The van der Waals surface area contributed by atoms with Gasteiger partial charge >= 0.3 is 0 Å². The number of carbonyl (C=O) groups is 1. The number of benzene rings is 1. The molecule has 0 fully saturated rings. The van der Waals surface area contributed by atoms with Crippen LogP contribution >= 0.6 is 15.9 Å². The molecule has 0 aromatic heterocycles. The number of halogens is 1. The molecule has 1 aliphatic rings. The molecule has 5 heteroatoms. The van der Waals surface area contributed by atoms with E-state index in [-0.39, 0.29) is 5.78 Å². The summed E-state index contributed by atoms with van der Waals surface area (Å²) in [5, 5.41) is 0. The molecule has 1 aliphatic heterocycles. The van der Waals surface area contributed by atoms with Crippen LogP contribution in [-0.4, -0.2) is 19.7 Å². The van der Waals surface area contributed by atoms with Crippen molar-refractivity contribution >= 4 is 36.1 Å². The van der Waals surface area contributed by atoms with Crippen LogP contribution in [0.1, 0.15) is 78.2 Å². The lowest BCUT2D eigenvalue weighted by Gasteiger charge is -2.43. The summed E-state index contributed by atoms with van der Waals surface area (Å²) in [6, 6.07) is 3.84. The Balaban J connectivity index is 2.65. The fourth-order valence-corrected chi connectivity index (χ4v) is 9.90. The van der Waals surface area contributed by atoms with Gasteiger partial charge < -0.3 is 9.16 Å². The molecule has 3 nitrogen and oxygen atoms in total. The number of hydrogen-bond acceptors (Lipinski definition) is 3. The third-order valence-corrected chi connectivity index (χ3v) is 12.9. The SMILES string of the molecule is CC(=O)c1cc2c(cc1O[Si](C(C)C)(C(C)C)C(C)C)OC(C)(C)C(Br)=C2. The molecule has 0 amide bonds. The van der Waals surface area contributed by atoms with Gasteiger partial charge in [0.2, 0.25) is 0 Å². The van der Waals surface area contributed by atoms with Crippen molar-refractivity contribution < 1.29 is 14.0 Å². The maximum Gasteiger partial charge on any atom is 0.258 e. The molecule has 1 aromatic rings. The highest BCUT2D eigenvalue weighted by molar-refractivity contribution is 9.11. The molecule has 27 heavy (non-hydrogen) atoms. The van der Waals surface area contributed by atoms with Crippen LogP contribution in [0.4, 0.5) is 0 Å². The fourth-order valence-electron chi connectivity index (χ4n) is 4.32. The van der Waals surface area contributed by atoms with E-state index in [1.807, 2.05) is 32.1 Å². The van der Waals surface area contributed by atoms with Gasteiger partial charge in [-0.05, 0) is 49.5 Å². The molecule has 0 N–H and O–H groups in total. The number of fused-ring (bicyclic) bond motifs is 1.